The van der Waals surface area contributed by atoms with Crippen LogP contribution < -0.4 is 10.9 Å². The molecule has 2 aromatic heterocycles. The number of nitrogens with zero attached hydrogens (tertiary/aromatic N) is 3. The van der Waals surface area contributed by atoms with E-state index in [1.807, 2.05) is 4.90 Å². The Hall–Kier alpha value is -2.17. The summed E-state index contributed by atoms with van der Waals surface area (Å²) in [6.07, 6.45) is 5.98. The summed E-state index contributed by atoms with van der Waals surface area (Å²) in [5.74, 6) is 1.55. The molecular formula is C22H29N5O3S2. The fourth-order valence-electron chi connectivity index (χ4n) is 4.20. The lowest BCUT2D eigenvalue weighted by atomic mass is 9.97. The fourth-order valence-corrected chi connectivity index (χ4v) is 6.27. The first-order chi connectivity index (χ1) is 15.5. The molecule has 0 radical (unpaired) electrons. The summed E-state index contributed by atoms with van der Waals surface area (Å²) in [6, 6.07) is 0. The van der Waals surface area contributed by atoms with Gasteiger partial charge >= 0.3 is 0 Å². The van der Waals surface area contributed by atoms with Crippen molar-refractivity contribution >= 4 is 45.1 Å². The van der Waals surface area contributed by atoms with Gasteiger partial charge in [-0.1, -0.05) is 6.08 Å². The van der Waals surface area contributed by atoms with Crippen molar-refractivity contribution in [1.29, 1.82) is 0 Å². The van der Waals surface area contributed by atoms with Crippen LogP contribution in [0.5, 0.6) is 0 Å². The number of nitrogens with one attached hydrogen (secondary N) is 2. The number of carbonyl (C=O) groups excluding carboxylic acids is 2. The average Bonchev–Trinajstić information content (AvgIpc) is 3.17. The summed E-state index contributed by atoms with van der Waals surface area (Å²) < 4.78 is 0. The van der Waals surface area contributed by atoms with Gasteiger partial charge in [0.25, 0.3) is 5.56 Å². The summed E-state index contributed by atoms with van der Waals surface area (Å²) in [5.41, 5.74) is 1.14. The van der Waals surface area contributed by atoms with Crippen molar-refractivity contribution in [1.82, 2.24) is 25.1 Å². The number of H-pyrrole nitrogens is 1. The predicted octanol–water partition coefficient (Wildman–Crippen LogP) is 1.54. The van der Waals surface area contributed by atoms with Gasteiger partial charge < -0.3 is 15.2 Å². The van der Waals surface area contributed by atoms with Crippen molar-refractivity contribution in [2.45, 2.75) is 31.4 Å². The van der Waals surface area contributed by atoms with Crippen molar-refractivity contribution in [2.75, 3.05) is 45.0 Å². The summed E-state index contributed by atoms with van der Waals surface area (Å²) in [6.45, 7) is 7.02. The van der Waals surface area contributed by atoms with Crippen LogP contribution in [0.2, 0.25) is 0 Å². The van der Waals surface area contributed by atoms with Gasteiger partial charge in [-0.2, -0.15) is 0 Å². The molecule has 32 heavy (non-hydrogen) atoms. The van der Waals surface area contributed by atoms with Crippen molar-refractivity contribution < 1.29 is 9.59 Å². The van der Waals surface area contributed by atoms with E-state index >= 15 is 0 Å². The Balaban J connectivity index is 1.25. The maximum Gasteiger partial charge on any atom is 0.259 e. The SMILES string of the molecule is C=CCNC(=O)CN1CCN(C(=O)CSCc2nc3sc4c(c3c(=O)[nH]2)CCCC4)CC1. The largest absolute Gasteiger partial charge is 0.352 e. The lowest BCUT2D eigenvalue weighted by Crippen LogP contribution is -2.51. The van der Waals surface area contributed by atoms with Gasteiger partial charge in [0.2, 0.25) is 11.8 Å². The van der Waals surface area contributed by atoms with Crippen LogP contribution in [0.4, 0.5) is 0 Å². The van der Waals surface area contributed by atoms with E-state index in [9.17, 15) is 14.4 Å². The summed E-state index contributed by atoms with van der Waals surface area (Å²) in [5, 5.41) is 3.54. The molecule has 10 heteroatoms. The van der Waals surface area contributed by atoms with E-state index in [0.717, 1.165) is 29.5 Å². The lowest BCUT2D eigenvalue weighted by molar-refractivity contribution is -0.130. The number of rotatable bonds is 8. The highest BCUT2D eigenvalue weighted by Crippen LogP contribution is 2.33. The number of carbonyl (C=O) groups is 2. The number of amides is 2. The molecule has 1 saturated heterocycles. The van der Waals surface area contributed by atoms with Gasteiger partial charge in [0, 0.05) is 37.6 Å². The van der Waals surface area contributed by atoms with Gasteiger partial charge in [0.05, 0.1) is 23.4 Å². The minimum Gasteiger partial charge on any atom is -0.352 e. The van der Waals surface area contributed by atoms with Gasteiger partial charge in [-0.15, -0.1) is 29.7 Å². The third-order valence-corrected chi connectivity index (χ3v) is 7.99. The van der Waals surface area contributed by atoms with Crippen molar-refractivity contribution in [3.8, 4) is 0 Å². The molecule has 4 rings (SSSR count). The Kier molecular flexibility index (Phi) is 7.64. The zero-order chi connectivity index (χ0) is 22.5. The second-order valence-electron chi connectivity index (χ2n) is 8.15. The van der Waals surface area contributed by atoms with E-state index < -0.39 is 0 Å². The molecule has 1 aliphatic carbocycles. The van der Waals surface area contributed by atoms with Crippen LogP contribution in [-0.2, 0) is 28.2 Å². The van der Waals surface area contributed by atoms with E-state index in [-0.39, 0.29) is 17.4 Å². The Morgan fingerprint density at radius 3 is 2.78 bits per heavy atom. The van der Waals surface area contributed by atoms with Crippen LogP contribution in [0.15, 0.2) is 17.4 Å². The van der Waals surface area contributed by atoms with Gasteiger partial charge in [0.15, 0.2) is 0 Å². The monoisotopic (exact) mass is 475 g/mol. The van der Waals surface area contributed by atoms with Crippen molar-refractivity contribution in [2.24, 2.45) is 0 Å². The second-order valence-corrected chi connectivity index (χ2v) is 10.2. The number of piperazine rings is 1. The first-order valence-electron chi connectivity index (χ1n) is 11.0. The Morgan fingerprint density at radius 2 is 2.00 bits per heavy atom. The number of hydrogen-bond acceptors (Lipinski definition) is 7. The number of aromatic nitrogens is 2. The highest BCUT2D eigenvalue weighted by atomic mass is 32.2. The summed E-state index contributed by atoms with van der Waals surface area (Å²) in [7, 11) is 0. The average molecular weight is 476 g/mol. The highest BCUT2D eigenvalue weighted by Gasteiger charge is 2.23. The van der Waals surface area contributed by atoms with E-state index in [1.54, 1.807) is 17.4 Å². The molecular weight excluding hydrogens is 446 g/mol. The molecule has 2 aliphatic rings. The Morgan fingerprint density at radius 1 is 1.22 bits per heavy atom. The zero-order valence-corrected chi connectivity index (χ0v) is 19.8. The topological polar surface area (TPSA) is 98.4 Å². The summed E-state index contributed by atoms with van der Waals surface area (Å²) in [4.78, 5) is 50.7. The predicted molar refractivity (Wildman–Crippen MR) is 129 cm³/mol. The van der Waals surface area contributed by atoms with Crippen molar-refractivity contribution in [3.05, 3.63) is 39.3 Å². The normalized spacial score (nSPS) is 16.7. The molecule has 3 heterocycles. The maximum atomic E-state index is 12.6. The number of aromatic amines is 1. The molecule has 172 valence electrons. The Labute approximate surface area is 195 Å². The van der Waals surface area contributed by atoms with E-state index in [4.69, 9.17) is 0 Å². The molecule has 0 saturated carbocycles. The van der Waals surface area contributed by atoms with Gasteiger partial charge in [0.1, 0.15) is 10.7 Å². The quantitative estimate of drug-likeness (QED) is 0.562. The minimum absolute atomic E-state index is 0.0229. The highest BCUT2D eigenvalue weighted by molar-refractivity contribution is 7.99. The van der Waals surface area contributed by atoms with Crippen LogP contribution in [0.3, 0.4) is 0 Å². The van der Waals surface area contributed by atoms with Crippen LogP contribution >= 0.6 is 23.1 Å². The Bertz CT molecular complexity index is 1060. The van der Waals surface area contributed by atoms with Crippen LogP contribution in [0.1, 0.15) is 29.1 Å². The molecule has 8 nitrogen and oxygen atoms in total. The molecule has 0 atom stereocenters. The zero-order valence-electron chi connectivity index (χ0n) is 18.2. The molecule has 2 amide bonds. The minimum atomic E-state index is -0.0513. The van der Waals surface area contributed by atoms with Gasteiger partial charge in [-0.05, 0) is 31.2 Å². The first-order valence-corrected chi connectivity index (χ1v) is 13.0. The van der Waals surface area contributed by atoms with Crippen LogP contribution in [0, 0.1) is 0 Å². The molecule has 2 aromatic rings. The van der Waals surface area contributed by atoms with E-state index in [2.05, 4.69) is 26.8 Å². The van der Waals surface area contributed by atoms with Crippen LogP contribution in [0.25, 0.3) is 10.2 Å². The van der Waals surface area contributed by atoms with Crippen molar-refractivity contribution in [3.63, 3.8) is 0 Å². The third-order valence-electron chi connectivity index (χ3n) is 5.87. The number of thioether (sulfide) groups is 1. The van der Waals surface area contributed by atoms with Gasteiger partial charge in [-0.25, -0.2) is 4.98 Å². The molecule has 1 fully saturated rings. The van der Waals surface area contributed by atoms with E-state index in [0.29, 0.717) is 56.6 Å². The lowest BCUT2D eigenvalue weighted by Gasteiger charge is -2.34. The number of fused-ring (bicyclic) bond motifs is 3. The fraction of sp³-hybridized carbons (Fsp3) is 0.545. The van der Waals surface area contributed by atoms with E-state index in [1.165, 1.54) is 28.6 Å². The standard InChI is InChI=1S/C22H29N5O3S2/c1-2-7-23-18(28)12-26-8-10-27(11-9-26)19(29)14-31-13-17-24-21(30)20-15-5-3-4-6-16(15)32-22(20)25-17/h2H,1,3-14H2,(H,23,28)(H,24,25,30). The first kappa shape index (κ1) is 23.0. The molecule has 0 aromatic carbocycles. The number of thiophene rings is 1. The third kappa shape index (κ3) is 5.41. The van der Waals surface area contributed by atoms with Crippen LogP contribution in [-0.4, -0.2) is 76.6 Å². The summed E-state index contributed by atoms with van der Waals surface area (Å²) >= 11 is 3.12. The number of hydrogen-bond donors (Lipinski definition) is 2. The molecule has 2 N–H and O–H groups in total. The molecule has 0 spiro atoms. The maximum absolute atomic E-state index is 12.6. The molecule has 1 aliphatic heterocycles. The smallest absolute Gasteiger partial charge is 0.259 e. The van der Waals surface area contributed by atoms with Gasteiger partial charge in [-0.3, -0.25) is 19.3 Å². The second kappa shape index (κ2) is 10.6. The molecule has 0 unspecified atom stereocenters. The number of aryl methyl sites for hydroxylation is 2. The molecule has 0 bridgehead atoms.